The van der Waals surface area contributed by atoms with Gasteiger partial charge in [0, 0.05) is 18.5 Å². The first kappa shape index (κ1) is 15.9. The van der Waals surface area contributed by atoms with Gasteiger partial charge in [0.1, 0.15) is 0 Å². The van der Waals surface area contributed by atoms with Gasteiger partial charge in [-0.1, -0.05) is 37.3 Å². The molecule has 0 fully saturated rings. The third-order valence-corrected chi connectivity index (χ3v) is 2.76. The molecule has 0 radical (unpaired) electrons. The number of rotatable bonds is 5. The summed E-state index contributed by atoms with van der Waals surface area (Å²) in [7, 11) is 0. The third kappa shape index (κ3) is 5.71. The van der Waals surface area contributed by atoms with E-state index in [1.54, 1.807) is 0 Å². The molecule has 2 atom stereocenters. The van der Waals surface area contributed by atoms with E-state index in [9.17, 15) is 4.79 Å². The molecular formula is C13H21ClN2O. The Morgan fingerprint density at radius 2 is 1.88 bits per heavy atom. The standard InChI is InChI=1S/C13H20N2O.ClH/c1-10(11(2)14)13(16)15-9-8-12-6-4-3-5-7-12;/h3-7,10-11H,8-9,14H2,1-2H3,(H,15,16);1H. The van der Waals surface area contributed by atoms with Crippen LogP contribution in [-0.2, 0) is 11.2 Å². The largest absolute Gasteiger partial charge is 0.355 e. The Bertz CT molecular complexity index is 327. The summed E-state index contributed by atoms with van der Waals surface area (Å²) in [6, 6.07) is 10.0. The van der Waals surface area contributed by atoms with E-state index in [0.29, 0.717) is 6.54 Å². The van der Waals surface area contributed by atoms with Crippen molar-refractivity contribution in [3.05, 3.63) is 35.9 Å². The van der Waals surface area contributed by atoms with E-state index >= 15 is 0 Å². The Morgan fingerprint density at radius 1 is 1.29 bits per heavy atom. The molecule has 0 saturated heterocycles. The molecule has 2 unspecified atom stereocenters. The monoisotopic (exact) mass is 256 g/mol. The van der Waals surface area contributed by atoms with Crippen molar-refractivity contribution in [2.75, 3.05) is 6.54 Å². The van der Waals surface area contributed by atoms with Crippen molar-refractivity contribution < 1.29 is 4.79 Å². The van der Waals surface area contributed by atoms with Crippen LogP contribution in [0.4, 0.5) is 0 Å². The number of nitrogens with two attached hydrogens (primary N) is 1. The average molecular weight is 257 g/mol. The quantitative estimate of drug-likeness (QED) is 0.843. The molecule has 1 rings (SSSR count). The van der Waals surface area contributed by atoms with Crippen molar-refractivity contribution in [2.45, 2.75) is 26.3 Å². The van der Waals surface area contributed by atoms with Crippen LogP contribution in [0, 0.1) is 5.92 Å². The smallest absolute Gasteiger partial charge is 0.224 e. The molecule has 3 nitrogen and oxygen atoms in total. The fraction of sp³-hybridized carbons (Fsp3) is 0.462. The van der Waals surface area contributed by atoms with Gasteiger partial charge in [-0.25, -0.2) is 0 Å². The molecule has 0 saturated carbocycles. The van der Waals surface area contributed by atoms with Gasteiger partial charge in [-0.2, -0.15) is 0 Å². The van der Waals surface area contributed by atoms with E-state index < -0.39 is 0 Å². The zero-order chi connectivity index (χ0) is 12.0. The van der Waals surface area contributed by atoms with Gasteiger partial charge in [0.25, 0.3) is 0 Å². The maximum Gasteiger partial charge on any atom is 0.224 e. The molecule has 1 aromatic carbocycles. The fourth-order valence-corrected chi connectivity index (χ4v) is 1.37. The normalized spacial score (nSPS) is 13.4. The molecule has 3 N–H and O–H groups in total. The molecule has 0 aliphatic rings. The average Bonchev–Trinajstić information content (AvgIpc) is 2.29. The molecule has 0 aliphatic carbocycles. The van der Waals surface area contributed by atoms with Crippen molar-refractivity contribution in [3.8, 4) is 0 Å². The molecule has 17 heavy (non-hydrogen) atoms. The highest BCUT2D eigenvalue weighted by Crippen LogP contribution is 2.01. The van der Waals surface area contributed by atoms with Gasteiger partial charge in [0.2, 0.25) is 5.91 Å². The number of carbonyl (C=O) groups is 1. The molecule has 4 heteroatoms. The predicted octanol–water partition coefficient (Wildman–Crippen LogP) is 1.75. The number of nitrogens with one attached hydrogen (secondary N) is 1. The van der Waals surface area contributed by atoms with E-state index in [1.165, 1.54) is 5.56 Å². The van der Waals surface area contributed by atoms with Crippen molar-refractivity contribution in [1.82, 2.24) is 5.32 Å². The fourth-order valence-electron chi connectivity index (χ4n) is 1.37. The van der Waals surface area contributed by atoms with E-state index in [1.807, 2.05) is 32.0 Å². The lowest BCUT2D eigenvalue weighted by atomic mass is 10.0. The number of halogens is 1. The van der Waals surface area contributed by atoms with Gasteiger partial charge < -0.3 is 11.1 Å². The number of benzene rings is 1. The van der Waals surface area contributed by atoms with Crippen molar-refractivity contribution in [2.24, 2.45) is 11.7 Å². The second kappa shape index (κ2) is 8.09. The molecule has 0 spiro atoms. The Hall–Kier alpha value is -1.06. The lowest BCUT2D eigenvalue weighted by Crippen LogP contribution is -2.39. The number of carbonyl (C=O) groups excluding carboxylic acids is 1. The molecule has 96 valence electrons. The molecule has 0 aliphatic heterocycles. The SMILES string of the molecule is CC(N)C(C)C(=O)NCCc1ccccc1.Cl. The number of amides is 1. The van der Waals surface area contributed by atoms with Crippen LogP contribution in [0.1, 0.15) is 19.4 Å². The Labute approximate surface area is 109 Å². The summed E-state index contributed by atoms with van der Waals surface area (Å²) in [6.45, 7) is 4.36. The summed E-state index contributed by atoms with van der Waals surface area (Å²) in [5, 5.41) is 2.89. The Kier molecular flexibility index (Phi) is 7.59. The van der Waals surface area contributed by atoms with Crippen LogP contribution in [-0.4, -0.2) is 18.5 Å². The molecule has 0 aromatic heterocycles. The van der Waals surface area contributed by atoms with E-state index in [0.717, 1.165) is 6.42 Å². The van der Waals surface area contributed by atoms with Crippen LogP contribution in [0.5, 0.6) is 0 Å². The second-order valence-electron chi connectivity index (χ2n) is 4.17. The minimum absolute atomic E-state index is 0. The van der Waals surface area contributed by atoms with Crippen LogP contribution in [0.2, 0.25) is 0 Å². The first-order chi connectivity index (χ1) is 7.61. The van der Waals surface area contributed by atoms with Crippen LogP contribution >= 0.6 is 12.4 Å². The third-order valence-electron chi connectivity index (χ3n) is 2.76. The van der Waals surface area contributed by atoms with E-state index in [-0.39, 0.29) is 30.3 Å². The Balaban J connectivity index is 0.00000256. The maximum absolute atomic E-state index is 11.6. The highest BCUT2D eigenvalue weighted by Gasteiger charge is 2.15. The molecule has 1 amide bonds. The lowest BCUT2D eigenvalue weighted by molar-refractivity contribution is -0.124. The summed E-state index contributed by atoms with van der Waals surface area (Å²) in [4.78, 5) is 11.6. The van der Waals surface area contributed by atoms with Gasteiger partial charge in [-0.15, -0.1) is 12.4 Å². The van der Waals surface area contributed by atoms with Crippen LogP contribution in [0.15, 0.2) is 30.3 Å². The number of hydrogen-bond donors (Lipinski definition) is 2. The summed E-state index contributed by atoms with van der Waals surface area (Å²) in [5.41, 5.74) is 6.89. The first-order valence-electron chi connectivity index (χ1n) is 5.68. The number of hydrogen-bond acceptors (Lipinski definition) is 2. The maximum atomic E-state index is 11.6. The highest BCUT2D eigenvalue weighted by molar-refractivity contribution is 5.85. The van der Waals surface area contributed by atoms with Gasteiger partial charge in [0.15, 0.2) is 0 Å². The lowest BCUT2D eigenvalue weighted by Gasteiger charge is -2.15. The van der Waals surface area contributed by atoms with Crippen molar-refractivity contribution >= 4 is 18.3 Å². The summed E-state index contributed by atoms with van der Waals surface area (Å²) < 4.78 is 0. The van der Waals surface area contributed by atoms with Gasteiger partial charge in [0.05, 0.1) is 0 Å². The van der Waals surface area contributed by atoms with Crippen molar-refractivity contribution in [1.29, 1.82) is 0 Å². The summed E-state index contributed by atoms with van der Waals surface area (Å²) >= 11 is 0. The minimum Gasteiger partial charge on any atom is -0.355 e. The van der Waals surface area contributed by atoms with Crippen LogP contribution < -0.4 is 11.1 Å². The van der Waals surface area contributed by atoms with Gasteiger partial charge in [-0.3, -0.25) is 4.79 Å². The second-order valence-corrected chi connectivity index (χ2v) is 4.17. The minimum atomic E-state index is -0.129. The molecule has 1 aromatic rings. The summed E-state index contributed by atoms with van der Waals surface area (Å²) in [6.07, 6.45) is 0.859. The molecular weight excluding hydrogens is 236 g/mol. The van der Waals surface area contributed by atoms with Crippen molar-refractivity contribution in [3.63, 3.8) is 0 Å². The van der Waals surface area contributed by atoms with E-state index in [2.05, 4.69) is 17.4 Å². The van der Waals surface area contributed by atoms with E-state index in [4.69, 9.17) is 5.73 Å². The Morgan fingerprint density at radius 3 is 2.41 bits per heavy atom. The zero-order valence-corrected chi connectivity index (χ0v) is 11.2. The van der Waals surface area contributed by atoms with Crippen LogP contribution in [0.25, 0.3) is 0 Å². The zero-order valence-electron chi connectivity index (χ0n) is 10.3. The topological polar surface area (TPSA) is 55.1 Å². The van der Waals surface area contributed by atoms with Crippen LogP contribution in [0.3, 0.4) is 0 Å². The molecule has 0 bridgehead atoms. The van der Waals surface area contributed by atoms with Gasteiger partial charge >= 0.3 is 0 Å². The first-order valence-corrected chi connectivity index (χ1v) is 5.68. The van der Waals surface area contributed by atoms with Gasteiger partial charge in [-0.05, 0) is 18.9 Å². The highest BCUT2D eigenvalue weighted by atomic mass is 35.5. The molecule has 0 heterocycles. The summed E-state index contributed by atoms with van der Waals surface area (Å²) in [5.74, 6) is -0.0956. The predicted molar refractivity (Wildman–Crippen MR) is 73.2 cm³/mol.